The molecule has 0 bridgehead atoms. The summed E-state index contributed by atoms with van der Waals surface area (Å²) in [5.41, 5.74) is 2.89. The Bertz CT molecular complexity index is 1110. The van der Waals surface area contributed by atoms with Crippen LogP contribution in [0.4, 0.5) is 0 Å². The number of carbonyl (C=O) groups excluding carboxylic acids is 3. The van der Waals surface area contributed by atoms with Gasteiger partial charge in [0.05, 0.1) is 12.7 Å². The summed E-state index contributed by atoms with van der Waals surface area (Å²) in [6.45, 7) is 3.81. The molecule has 4 aliphatic rings. The van der Waals surface area contributed by atoms with Crippen LogP contribution in [0.15, 0.2) is 40.7 Å². The van der Waals surface area contributed by atoms with Gasteiger partial charge >= 0.3 is 11.9 Å². The first-order chi connectivity index (χ1) is 16.4. The molecule has 5 rings (SSSR count). The molecule has 1 saturated carbocycles. The Hall–Kier alpha value is -3.29. The van der Waals surface area contributed by atoms with Gasteiger partial charge in [-0.05, 0) is 62.6 Å². The number of esters is 2. The Morgan fingerprint density at radius 2 is 1.85 bits per heavy atom. The lowest BCUT2D eigenvalue weighted by molar-refractivity contribution is -0.151. The first-order valence-corrected chi connectivity index (χ1v) is 11.8. The molecule has 1 fully saturated rings. The molecule has 2 aliphatic heterocycles. The quantitative estimate of drug-likeness (QED) is 0.530. The maximum Gasteiger partial charge on any atom is 0.337 e. The van der Waals surface area contributed by atoms with E-state index in [-0.39, 0.29) is 24.6 Å². The number of carbonyl (C=O) groups is 3. The zero-order valence-corrected chi connectivity index (χ0v) is 19.6. The maximum absolute atomic E-state index is 13.8. The first-order valence-electron chi connectivity index (χ1n) is 11.8. The van der Waals surface area contributed by atoms with Crippen LogP contribution in [0.25, 0.3) is 0 Å². The fourth-order valence-electron chi connectivity index (χ4n) is 5.60. The summed E-state index contributed by atoms with van der Waals surface area (Å²) in [5, 5.41) is 3.29. The molecule has 1 N–H and O–H groups in total. The Kier molecular flexibility index (Phi) is 5.83. The lowest BCUT2D eigenvalue weighted by atomic mass is 9.69. The Morgan fingerprint density at radius 1 is 1.12 bits per heavy atom. The summed E-state index contributed by atoms with van der Waals surface area (Å²) in [7, 11) is 1.29. The van der Waals surface area contributed by atoms with E-state index >= 15 is 0 Å². The molecular weight excluding hydrogens is 438 g/mol. The zero-order chi connectivity index (χ0) is 24.0. The number of ether oxygens (including phenoxy) is 4. The number of benzene rings is 1. The Balaban J connectivity index is 1.60. The highest BCUT2D eigenvalue weighted by atomic mass is 16.7. The second-order valence-electron chi connectivity index (χ2n) is 9.46. The number of ketones is 1. The van der Waals surface area contributed by atoms with Crippen molar-refractivity contribution < 1.29 is 33.3 Å². The highest BCUT2D eigenvalue weighted by Crippen LogP contribution is 2.47. The average Bonchev–Trinajstić information content (AvgIpc) is 3.49. The molecule has 1 aromatic carbocycles. The molecule has 0 amide bonds. The van der Waals surface area contributed by atoms with Crippen LogP contribution in [0, 0.1) is 11.8 Å². The topological polar surface area (TPSA) is 100 Å². The molecule has 0 unspecified atom stereocenters. The van der Waals surface area contributed by atoms with Crippen LogP contribution in [0.2, 0.25) is 0 Å². The van der Waals surface area contributed by atoms with E-state index in [2.05, 4.69) is 5.32 Å². The molecule has 0 aromatic heterocycles. The van der Waals surface area contributed by atoms with Gasteiger partial charge in [0.2, 0.25) is 6.79 Å². The van der Waals surface area contributed by atoms with Crippen LogP contribution in [-0.2, 0) is 23.9 Å². The predicted molar refractivity (Wildman–Crippen MR) is 121 cm³/mol. The number of dihydropyridines is 1. The van der Waals surface area contributed by atoms with E-state index < -0.39 is 23.8 Å². The van der Waals surface area contributed by atoms with Crippen molar-refractivity contribution in [2.75, 3.05) is 13.9 Å². The number of rotatable bonds is 4. The minimum atomic E-state index is -0.924. The third-order valence-electron chi connectivity index (χ3n) is 7.27. The molecule has 180 valence electrons. The third kappa shape index (κ3) is 3.75. The second-order valence-corrected chi connectivity index (χ2v) is 9.46. The number of Topliss-reactive ketones (excluding diaryl/α,β-unsaturated/α-hetero) is 1. The molecule has 2 heterocycles. The van der Waals surface area contributed by atoms with Gasteiger partial charge in [-0.2, -0.15) is 0 Å². The van der Waals surface area contributed by atoms with E-state index in [4.69, 9.17) is 18.9 Å². The van der Waals surface area contributed by atoms with Gasteiger partial charge in [-0.25, -0.2) is 4.79 Å². The summed E-state index contributed by atoms with van der Waals surface area (Å²) in [4.78, 5) is 39.8. The van der Waals surface area contributed by atoms with Crippen molar-refractivity contribution in [3.05, 3.63) is 46.3 Å². The molecule has 34 heavy (non-hydrogen) atoms. The number of fused-ring (bicyclic) bond motifs is 1. The Morgan fingerprint density at radius 3 is 2.59 bits per heavy atom. The van der Waals surface area contributed by atoms with Crippen LogP contribution in [0.1, 0.15) is 57.4 Å². The van der Waals surface area contributed by atoms with Crippen LogP contribution >= 0.6 is 0 Å². The van der Waals surface area contributed by atoms with Crippen molar-refractivity contribution in [3.63, 3.8) is 0 Å². The molecule has 3 atom stereocenters. The summed E-state index contributed by atoms with van der Waals surface area (Å²) in [6.07, 6.45) is 4.12. The average molecular weight is 468 g/mol. The van der Waals surface area contributed by atoms with Crippen molar-refractivity contribution in [3.8, 4) is 11.5 Å². The third-order valence-corrected chi connectivity index (χ3v) is 7.27. The van der Waals surface area contributed by atoms with Crippen LogP contribution in [0.3, 0.4) is 0 Å². The predicted octanol–water partition coefficient (Wildman–Crippen LogP) is 3.51. The molecule has 2 aliphatic carbocycles. The molecule has 0 spiro atoms. The lowest BCUT2D eigenvalue weighted by Crippen LogP contribution is -2.43. The van der Waals surface area contributed by atoms with Crippen LogP contribution in [-0.4, -0.2) is 37.7 Å². The van der Waals surface area contributed by atoms with Gasteiger partial charge in [-0.15, -0.1) is 0 Å². The molecule has 8 nitrogen and oxygen atoms in total. The number of hydrogen-bond acceptors (Lipinski definition) is 8. The largest absolute Gasteiger partial charge is 0.468 e. The second kappa shape index (κ2) is 8.81. The number of methoxy groups -OCH3 is 1. The monoisotopic (exact) mass is 467 g/mol. The van der Waals surface area contributed by atoms with Gasteiger partial charge in [0.25, 0.3) is 0 Å². The zero-order valence-electron chi connectivity index (χ0n) is 19.6. The molecule has 0 radical (unpaired) electrons. The Labute approximate surface area is 198 Å². The van der Waals surface area contributed by atoms with E-state index in [1.807, 2.05) is 19.9 Å². The fraction of sp³-hybridized carbons (Fsp3) is 0.500. The van der Waals surface area contributed by atoms with Gasteiger partial charge in [0, 0.05) is 22.9 Å². The van der Waals surface area contributed by atoms with E-state index in [9.17, 15) is 14.4 Å². The molecule has 1 aromatic rings. The van der Waals surface area contributed by atoms with Crippen molar-refractivity contribution >= 4 is 17.7 Å². The summed E-state index contributed by atoms with van der Waals surface area (Å²) in [6, 6.07) is 5.42. The highest BCUT2D eigenvalue weighted by Gasteiger charge is 2.47. The standard InChI is InChI=1S/C26H29NO7/c1-13-10-17-23(24(28)20(13)25(29)31-3)22(15-8-9-18-19(11-15)33-12-32-18)21(14(2)27-17)26(30)34-16-6-4-5-7-16/h8-9,11,13,16,20,22,27H,4-7,10,12H2,1-3H3/t13-,20+,22+/m1/s1. The van der Waals surface area contributed by atoms with Crippen molar-refractivity contribution in [2.24, 2.45) is 11.8 Å². The number of hydrogen-bond donors (Lipinski definition) is 1. The van der Waals surface area contributed by atoms with Crippen molar-refractivity contribution in [2.45, 2.75) is 58.0 Å². The minimum Gasteiger partial charge on any atom is -0.468 e. The van der Waals surface area contributed by atoms with Gasteiger partial charge in [-0.3, -0.25) is 9.59 Å². The number of allylic oxidation sites excluding steroid dienone is 3. The molecule has 0 saturated heterocycles. The van der Waals surface area contributed by atoms with E-state index in [1.165, 1.54) is 7.11 Å². The van der Waals surface area contributed by atoms with Gasteiger partial charge in [0.15, 0.2) is 17.3 Å². The summed E-state index contributed by atoms with van der Waals surface area (Å²) >= 11 is 0. The van der Waals surface area contributed by atoms with E-state index in [0.717, 1.165) is 31.4 Å². The van der Waals surface area contributed by atoms with Crippen molar-refractivity contribution in [1.29, 1.82) is 0 Å². The number of nitrogens with one attached hydrogen (secondary N) is 1. The fourth-order valence-corrected chi connectivity index (χ4v) is 5.60. The van der Waals surface area contributed by atoms with E-state index in [0.29, 0.717) is 40.3 Å². The van der Waals surface area contributed by atoms with Gasteiger partial charge in [0.1, 0.15) is 12.0 Å². The summed E-state index contributed by atoms with van der Waals surface area (Å²) < 4.78 is 21.9. The first kappa shape index (κ1) is 22.5. The smallest absolute Gasteiger partial charge is 0.337 e. The minimum absolute atomic E-state index is 0.116. The van der Waals surface area contributed by atoms with Gasteiger partial charge < -0.3 is 24.3 Å². The molecular formula is C26H29NO7. The lowest BCUT2D eigenvalue weighted by Gasteiger charge is -2.38. The maximum atomic E-state index is 13.8. The summed E-state index contributed by atoms with van der Waals surface area (Å²) in [5.74, 6) is -2.00. The van der Waals surface area contributed by atoms with Crippen LogP contribution in [0.5, 0.6) is 11.5 Å². The van der Waals surface area contributed by atoms with Crippen LogP contribution < -0.4 is 14.8 Å². The van der Waals surface area contributed by atoms with Gasteiger partial charge in [-0.1, -0.05) is 13.0 Å². The SMILES string of the molecule is COC(=O)[C@@H]1C(=O)C2=C(C[C@H]1C)NC(C)=C(C(=O)OC1CCCC1)[C@@H]2c1ccc2c(c1)OCO2. The van der Waals surface area contributed by atoms with E-state index in [1.54, 1.807) is 12.1 Å². The molecule has 8 heteroatoms. The van der Waals surface area contributed by atoms with Crippen molar-refractivity contribution in [1.82, 2.24) is 5.32 Å². The highest BCUT2D eigenvalue weighted by molar-refractivity contribution is 6.12. The normalized spacial score (nSPS) is 26.3.